The van der Waals surface area contributed by atoms with Crippen LogP contribution >= 0.6 is 0 Å². The maximum absolute atomic E-state index is 12.9. The van der Waals surface area contributed by atoms with Gasteiger partial charge < -0.3 is 14.6 Å². The van der Waals surface area contributed by atoms with Gasteiger partial charge in [-0.1, -0.05) is 5.16 Å². The van der Waals surface area contributed by atoms with Crippen LogP contribution in [0.1, 0.15) is 25.2 Å². The molecule has 1 aliphatic rings. The van der Waals surface area contributed by atoms with Crippen LogP contribution in [0.2, 0.25) is 0 Å². The highest BCUT2D eigenvalue weighted by atomic mass is 19.1. The van der Waals surface area contributed by atoms with Crippen molar-refractivity contribution in [1.29, 1.82) is 0 Å². The second-order valence-corrected chi connectivity index (χ2v) is 5.58. The van der Waals surface area contributed by atoms with Crippen LogP contribution in [-0.4, -0.2) is 29.3 Å². The highest BCUT2D eigenvalue weighted by Gasteiger charge is 2.18. The summed E-state index contributed by atoms with van der Waals surface area (Å²) in [5.74, 6) is 0.590. The quantitative estimate of drug-likeness (QED) is 0.915. The molecule has 0 spiro atoms. The molecular weight excluding hydrogens is 301 g/mol. The summed E-state index contributed by atoms with van der Waals surface area (Å²) in [5.41, 5.74) is 0.659. The average molecular weight is 319 g/mol. The first-order valence-electron chi connectivity index (χ1n) is 7.63. The Morgan fingerprint density at radius 3 is 2.91 bits per heavy atom. The fraction of sp³-hybridized carbons (Fsp3) is 0.438. The summed E-state index contributed by atoms with van der Waals surface area (Å²) in [5, 5.41) is 6.60. The lowest BCUT2D eigenvalue weighted by Crippen LogP contribution is -2.28. The van der Waals surface area contributed by atoms with Gasteiger partial charge in [0.1, 0.15) is 5.82 Å². The Morgan fingerprint density at radius 1 is 1.35 bits per heavy atom. The van der Waals surface area contributed by atoms with E-state index in [1.54, 1.807) is 12.1 Å². The van der Waals surface area contributed by atoms with Gasteiger partial charge in [-0.3, -0.25) is 4.79 Å². The monoisotopic (exact) mass is 319 g/mol. The van der Waals surface area contributed by atoms with Gasteiger partial charge in [0, 0.05) is 25.2 Å². The Balaban J connectivity index is 1.50. The predicted molar refractivity (Wildman–Crippen MR) is 79.7 cm³/mol. The average Bonchev–Trinajstić information content (AvgIpc) is 3.04. The fourth-order valence-corrected chi connectivity index (χ4v) is 2.52. The normalized spacial score (nSPS) is 17.9. The van der Waals surface area contributed by atoms with Crippen molar-refractivity contribution < 1.29 is 18.4 Å². The smallest absolute Gasteiger partial charge is 0.246 e. The summed E-state index contributed by atoms with van der Waals surface area (Å²) in [4.78, 5) is 16.1. The maximum atomic E-state index is 12.9. The van der Waals surface area contributed by atoms with Crippen LogP contribution in [0.5, 0.6) is 0 Å². The number of carbonyl (C=O) groups excluding carboxylic acids is 1. The fourth-order valence-electron chi connectivity index (χ4n) is 2.52. The van der Waals surface area contributed by atoms with E-state index < -0.39 is 0 Å². The molecule has 1 amide bonds. The first-order valence-corrected chi connectivity index (χ1v) is 7.63. The number of ether oxygens (including phenoxy) is 1. The van der Waals surface area contributed by atoms with E-state index in [0.29, 0.717) is 30.3 Å². The number of benzene rings is 1. The standard InChI is InChI=1S/C16H18FN3O3/c17-13-5-3-12(4-6-13)16-19-15(23-20-16)9-18-14(21)8-11-2-1-7-22-10-11/h3-6,11H,1-2,7-10H2,(H,18,21). The Labute approximate surface area is 133 Å². The number of rotatable bonds is 5. The SMILES string of the molecule is O=C(CC1CCCOC1)NCc1nc(-c2ccc(F)cc2)no1. The van der Waals surface area contributed by atoms with E-state index >= 15 is 0 Å². The second-order valence-electron chi connectivity index (χ2n) is 5.58. The molecule has 0 bridgehead atoms. The predicted octanol–water partition coefficient (Wildman–Crippen LogP) is 2.31. The summed E-state index contributed by atoms with van der Waals surface area (Å²) >= 11 is 0. The number of aromatic nitrogens is 2. The molecule has 1 aromatic carbocycles. The van der Waals surface area contributed by atoms with Gasteiger partial charge in [-0.05, 0) is 43.0 Å². The molecule has 23 heavy (non-hydrogen) atoms. The number of nitrogens with one attached hydrogen (secondary N) is 1. The summed E-state index contributed by atoms with van der Waals surface area (Å²) in [6, 6.07) is 5.82. The van der Waals surface area contributed by atoms with Crippen LogP contribution in [-0.2, 0) is 16.1 Å². The van der Waals surface area contributed by atoms with Crippen LogP contribution in [0.4, 0.5) is 4.39 Å². The van der Waals surface area contributed by atoms with Gasteiger partial charge in [-0.15, -0.1) is 0 Å². The van der Waals surface area contributed by atoms with Gasteiger partial charge in [-0.2, -0.15) is 4.98 Å². The molecule has 1 saturated heterocycles. The highest BCUT2D eigenvalue weighted by molar-refractivity contribution is 5.76. The zero-order valence-electron chi connectivity index (χ0n) is 12.6. The van der Waals surface area contributed by atoms with Crippen LogP contribution in [0.15, 0.2) is 28.8 Å². The van der Waals surface area contributed by atoms with Gasteiger partial charge in [-0.25, -0.2) is 4.39 Å². The van der Waals surface area contributed by atoms with Crippen LogP contribution in [0, 0.1) is 11.7 Å². The first-order chi connectivity index (χ1) is 11.2. The summed E-state index contributed by atoms with van der Waals surface area (Å²) in [7, 11) is 0. The Kier molecular flexibility index (Phi) is 4.97. The topological polar surface area (TPSA) is 77.2 Å². The maximum Gasteiger partial charge on any atom is 0.246 e. The van der Waals surface area contributed by atoms with Gasteiger partial charge in [0.05, 0.1) is 6.54 Å². The molecule has 0 saturated carbocycles. The van der Waals surface area contributed by atoms with E-state index in [1.807, 2.05) is 0 Å². The number of hydrogen-bond donors (Lipinski definition) is 1. The molecule has 7 heteroatoms. The summed E-state index contributed by atoms with van der Waals surface area (Å²) < 4.78 is 23.3. The van der Waals surface area contributed by atoms with Crippen molar-refractivity contribution in [2.45, 2.75) is 25.8 Å². The molecule has 0 radical (unpaired) electrons. The Hall–Kier alpha value is -2.28. The molecular formula is C16H18FN3O3. The minimum absolute atomic E-state index is 0.0537. The van der Waals surface area contributed by atoms with E-state index in [4.69, 9.17) is 9.26 Å². The van der Waals surface area contributed by atoms with Gasteiger partial charge >= 0.3 is 0 Å². The number of amides is 1. The molecule has 0 aliphatic carbocycles. The highest BCUT2D eigenvalue weighted by Crippen LogP contribution is 2.18. The molecule has 2 heterocycles. The third kappa shape index (κ3) is 4.35. The van der Waals surface area contributed by atoms with Gasteiger partial charge in [0.25, 0.3) is 0 Å². The number of halogens is 1. The molecule has 2 aromatic rings. The molecule has 1 aliphatic heterocycles. The molecule has 1 aromatic heterocycles. The zero-order valence-corrected chi connectivity index (χ0v) is 12.6. The van der Waals surface area contributed by atoms with Crippen molar-refractivity contribution in [3.63, 3.8) is 0 Å². The third-order valence-electron chi connectivity index (χ3n) is 3.74. The van der Waals surface area contributed by atoms with E-state index in [2.05, 4.69) is 15.5 Å². The van der Waals surface area contributed by atoms with Gasteiger partial charge in [0.2, 0.25) is 17.6 Å². The van der Waals surface area contributed by atoms with Gasteiger partial charge in [0.15, 0.2) is 0 Å². The molecule has 1 unspecified atom stereocenters. The lowest BCUT2D eigenvalue weighted by atomic mass is 9.98. The van der Waals surface area contributed by atoms with E-state index in [1.165, 1.54) is 12.1 Å². The summed E-state index contributed by atoms with van der Waals surface area (Å²) in [6.07, 6.45) is 2.46. The largest absolute Gasteiger partial charge is 0.381 e. The van der Waals surface area contributed by atoms with Crippen molar-refractivity contribution >= 4 is 5.91 Å². The zero-order chi connectivity index (χ0) is 16.1. The molecule has 6 nitrogen and oxygen atoms in total. The van der Waals surface area contributed by atoms with Crippen LogP contribution < -0.4 is 5.32 Å². The van der Waals surface area contributed by atoms with Crippen molar-refractivity contribution in [3.8, 4) is 11.4 Å². The molecule has 1 atom stereocenters. The van der Waals surface area contributed by atoms with Crippen molar-refractivity contribution in [2.24, 2.45) is 5.92 Å². The molecule has 1 fully saturated rings. The number of carbonyl (C=O) groups is 1. The molecule has 122 valence electrons. The molecule has 3 rings (SSSR count). The van der Waals surface area contributed by atoms with E-state index in [0.717, 1.165) is 19.4 Å². The second kappa shape index (κ2) is 7.32. The Morgan fingerprint density at radius 2 is 2.17 bits per heavy atom. The lowest BCUT2D eigenvalue weighted by Gasteiger charge is -2.21. The number of hydrogen-bond acceptors (Lipinski definition) is 5. The van der Waals surface area contributed by atoms with E-state index in [-0.39, 0.29) is 24.2 Å². The first kappa shape index (κ1) is 15.6. The van der Waals surface area contributed by atoms with Crippen LogP contribution in [0.25, 0.3) is 11.4 Å². The minimum Gasteiger partial charge on any atom is -0.381 e. The van der Waals surface area contributed by atoms with Crippen molar-refractivity contribution in [1.82, 2.24) is 15.5 Å². The van der Waals surface area contributed by atoms with E-state index in [9.17, 15) is 9.18 Å². The minimum atomic E-state index is -0.323. The number of nitrogens with zero attached hydrogens (tertiary/aromatic N) is 2. The van der Waals surface area contributed by atoms with Crippen LogP contribution in [0.3, 0.4) is 0 Å². The molecule has 1 N–H and O–H groups in total. The third-order valence-corrected chi connectivity index (χ3v) is 3.74. The van der Waals surface area contributed by atoms with Crippen molar-refractivity contribution in [2.75, 3.05) is 13.2 Å². The lowest BCUT2D eigenvalue weighted by molar-refractivity contribution is -0.123. The van der Waals surface area contributed by atoms with Crippen molar-refractivity contribution in [3.05, 3.63) is 36.0 Å². The summed E-state index contributed by atoms with van der Waals surface area (Å²) in [6.45, 7) is 1.61. The Bertz CT molecular complexity index is 651.